The van der Waals surface area contributed by atoms with Crippen molar-refractivity contribution in [3.8, 4) is 0 Å². The highest BCUT2D eigenvalue weighted by molar-refractivity contribution is 5.05. The lowest BCUT2D eigenvalue weighted by Crippen LogP contribution is -1.68. The average Bonchev–Trinajstić information content (AvgIpc) is 1.59. The summed E-state index contributed by atoms with van der Waals surface area (Å²) in [5.74, 6) is 0. The van der Waals surface area contributed by atoms with Crippen molar-refractivity contribution < 1.29 is 2.74 Å². The summed E-state index contributed by atoms with van der Waals surface area (Å²) in [6.45, 7) is 1.84. The van der Waals surface area contributed by atoms with Crippen LogP contribution in [0.4, 0.5) is 0 Å². The number of hydrogen-bond acceptors (Lipinski definition) is 1. The lowest BCUT2D eigenvalue weighted by molar-refractivity contribution is 1.29. The van der Waals surface area contributed by atoms with Crippen molar-refractivity contribution in [3.05, 3.63) is 30.0 Å². The van der Waals surface area contributed by atoms with Crippen LogP contribution in [-0.4, -0.2) is 4.98 Å². The molecule has 0 aliphatic carbocycles. The third-order valence-corrected chi connectivity index (χ3v) is 0.714. The molecule has 1 aromatic heterocycles. The van der Waals surface area contributed by atoms with Crippen LogP contribution >= 0.6 is 0 Å². The van der Waals surface area contributed by atoms with Crippen molar-refractivity contribution in [2.45, 2.75) is 6.92 Å². The lowest BCUT2D eigenvalue weighted by atomic mass is 10.3. The molecule has 1 rings (SSSR count). The second-order valence-corrected chi connectivity index (χ2v) is 1.40. The molecular formula is C6H7N. The number of nitrogens with zero attached hydrogens (tertiary/aromatic N) is 1. The second kappa shape index (κ2) is 1.73. The number of aromatic nitrogens is 1. The van der Waals surface area contributed by atoms with Gasteiger partial charge in [0.15, 0.2) is 0 Å². The molecule has 0 amide bonds. The largest absolute Gasteiger partial charge is 0.265 e. The summed E-state index contributed by atoms with van der Waals surface area (Å²) in [7, 11) is 0. The van der Waals surface area contributed by atoms with Crippen LogP contribution in [0, 0.1) is 6.92 Å². The Kier molecular flexibility index (Phi) is 0.609. The van der Waals surface area contributed by atoms with Crippen LogP contribution in [0.5, 0.6) is 0 Å². The fraction of sp³-hybridized carbons (Fsp3) is 0.167. The molecule has 1 heteroatoms. The van der Waals surface area contributed by atoms with Gasteiger partial charge in [-0.3, -0.25) is 4.98 Å². The van der Waals surface area contributed by atoms with E-state index in [9.17, 15) is 0 Å². The van der Waals surface area contributed by atoms with Crippen molar-refractivity contribution in [2.75, 3.05) is 0 Å². The zero-order valence-electron chi connectivity index (χ0n) is 6.10. The summed E-state index contributed by atoms with van der Waals surface area (Å²) in [5.41, 5.74) is 0.917. The number of rotatable bonds is 0. The van der Waals surface area contributed by atoms with Gasteiger partial charge in [-0.2, -0.15) is 0 Å². The van der Waals surface area contributed by atoms with Gasteiger partial charge in [0.25, 0.3) is 0 Å². The molecular weight excluding hydrogens is 86.1 g/mol. The first-order valence-electron chi connectivity index (χ1n) is 3.10. The minimum absolute atomic E-state index is 0.167. The van der Waals surface area contributed by atoms with E-state index in [0.717, 1.165) is 5.56 Å². The SMILES string of the molecule is [3H]c1cc(C)cc([3H])n1. The topological polar surface area (TPSA) is 12.9 Å². The van der Waals surface area contributed by atoms with Gasteiger partial charge in [-0.1, -0.05) is 0 Å². The number of aryl methyl sites for hydroxylation is 1. The standard InChI is InChI=1S/C6H7N/c1-6-2-4-7-5-3-6/h2-5H,1H3/i4T,5T. The van der Waals surface area contributed by atoms with Crippen molar-refractivity contribution in [1.29, 1.82) is 0 Å². The minimum atomic E-state index is 0.167. The molecule has 0 aromatic carbocycles. The maximum atomic E-state index is 7.05. The first-order chi connectivity index (χ1) is 4.18. The average molecular weight is 97.1 g/mol. The fourth-order valence-corrected chi connectivity index (χ4v) is 0.347. The van der Waals surface area contributed by atoms with E-state index >= 15 is 0 Å². The van der Waals surface area contributed by atoms with Gasteiger partial charge in [-0.25, -0.2) is 0 Å². The van der Waals surface area contributed by atoms with Crippen LogP contribution in [0.1, 0.15) is 8.30 Å². The third-order valence-electron chi connectivity index (χ3n) is 0.714. The maximum absolute atomic E-state index is 7.05. The first-order valence-corrected chi connectivity index (χ1v) is 2.10. The summed E-state index contributed by atoms with van der Waals surface area (Å²) < 4.78 is 14.1. The Hall–Kier alpha value is -0.850. The summed E-state index contributed by atoms with van der Waals surface area (Å²) >= 11 is 0. The van der Waals surface area contributed by atoms with Gasteiger partial charge in [0.2, 0.25) is 0 Å². The molecule has 0 aliphatic heterocycles. The van der Waals surface area contributed by atoms with Gasteiger partial charge in [0.05, 0.1) is 2.74 Å². The predicted octanol–water partition coefficient (Wildman–Crippen LogP) is 1.39. The van der Waals surface area contributed by atoms with Crippen molar-refractivity contribution in [1.82, 2.24) is 4.98 Å². The molecule has 0 bridgehead atoms. The summed E-state index contributed by atoms with van der Waals surface area (Å²) in [4.78, 5) is 3.57. The molecule has 0 atom stereocenters. The van der Waals surface area contributed by atoms with E-state index < -0.39 is 0 Å². The van der Waals surface area contributed by atoms with Crippen LogP contribution in [0.3, 0.4) is 0 Å². The van der Waals surface area contributed by atoms with Crippen LogP contribution in [0.2, 0.25) is 0 Å². The van der Waals surface area contributed by atoms with E-state index in [4.69, 9.17) is 2.74 Å². The molecule has 7 heavy (non-hydrogen) atoms. The smallest absolute Gasteiger partial charge is 0.0840 e. The van der Waals surface area contributed by atoms with Gasteiger partial charge < -0.3 is 0 Å². The molecule has 0 aliphatic rings. The molecule has 1 nitrogen and oxygen atoms in total. The quantitative estimate of drug-likeness (QED) is 0.476. The first kappa shape index (κ1) is 2.46. The molecule has 0 saturated carbocycles. The van der Waals surface area contributed by atoms with Crippen LogP contribution in [-0.2, 0) is 0 Å². The summed E-state index contributed by atoms with van der Waals surface area (Å²) in [6.07, 6.45) is 0.333. The predicted molar refractivity (Wildman–Crippen MR) is 29.0 cm³/mol. The molecule has 1 heterocycles. The highest BCUT2D eigenvalue weighted by Crippen LogP contribution is 1.88. The van der Waals surface area contributed by atoms with Gasteiger partial charge in [0.1, 0.15) is 0 Å². The number of pyridine rings is 1. The molecule has 0 radical (unpaired) electrons. The van der Waals surface area contributed by atoms with E-state index in [0.29, 0.717) is 0 Å². The Bertz CT molecular complexity index is 172. The molecule has 36 valence electrons. The van der Waals surface area contributed by atoms with Crippen molar-refractivity contribution in [2.24, 2.45) is 0 Å². The minimum Gasteiger partial charge on any atom is -0.265 e. The maximum Gasteiger partial charge on any atom is 0.0840 e. The summed E-state index contributed by atoms with van der Waals surface area (Å²) in [5, 5.41) is 0. The number of hydrogen-bond donors (Lipinski definition) is 0. The van der Waals surface area contributed by atoms with Gasteiger partial charge in [0, 0.05) is 12.3 Å². The third kappa shape index (κ3) is 1.000. The highest BCUT2D eigenvalue weighted by atomic mass is 14.6. The van der Waals surface area contributed by atoms with E-state index in [1.54, 1.807) is 12.1 Å². The monoisotopic (exact) mass is 97.1 g/mol. The normalized spacial score (nSPS) is 12.7. The summed E-state index contributed by atoms with van der Waals surface area (Å²) in [6, 6.07) is 3.25. The van der Waals surface area contributed by atoms with Crippen molar-refractivity contribution in [3.63, 3.8) is 0 Å². The second-order valence-electron chi connectivity index (χ2n) is 1.40. The molecule has 0 saturated heterocycles. The molecule has 0 spiro atoms. The molecule has 0 N–H and O–H groups in total. The Morgan fingerprint density at radius 2 is 2.14 bits per heavy atom. The Balaban J connectivity index is 3.17. The Morgan fingerprint density at radius 3 is 2.57 bits per heavy atom. The molecule has 0 fully saturated rings. The van der Waals surface area contributed by atoms with Gasteiger partial charge in [-0.05, 0) is 24.6 Å². The molecule has 0 unspecified atom stereocenters. The fourth-order valence-electron chi connectivity index (χ4n) is 0.347. The molecule has 1 aromatic rings. The Labute approximate surface area is 45.8 Å². The lowest BCUT2D eigenvalue weighted by Gasteiger charge is -1.82. The van der Waals surface area contributed by atoms with Gasteiger partial charge >= 0.3 is 0 Å². The van der Waals surface area contributed by atoms with E-state index in [2.05, 4.69) is 4.98 Å². The highest BCUT2D eigenvalue weighted by Gasteiger charge is 1.72. The van der Waals surface area contributed by atoms with E-state index in [-0.39, 0.29) is 12.3 Å². The van der Waals surface area contributed by atoms with E-state index in [1.807, 2.05) is 6.92 Å². The zero-order chi connectivity index (χ0) is 6.85. The van der Waals surface area contributed by atoms with E-state index in [1.165, 1.54) is 0 Å². The van der Waals surface area contributed by atoms with Crippen molar-refractivity contribution >= 4 is 0 Å². The zero-order valence-corrected chi connectivity index (χ0v) is 4.10. The van der Waals surface area contributed by atoms with Crippen LogP contribution in [0.15, 0.2) is 24.5 Å². The van der Waals surface area contributed by atoms with Crippen LogP contribution < -0.4 is 0 Å². The van der Waals surface area contributed by atoms with Gasteiger partial charge in [-0.15, -0.1) is 0 Å². The van der Waals surface area contributed by atoms with Crippen LogP contribution in [0.25, 0.3) is 0 Å². The Morgan fingerprint density at radius 1 is 1.57 bits per heavy atom.